The van der Waals surface area contributed by atoms with Crippen LogP contribution >= 0.6 is 0 Å². The highest BCUT2D eigenvalue weighted by Crippen LogP contribution is 2.30. The van der Waals surface area contributed by atoms with Crippen LogP contribution in [-0.2, 0) is 19.3 Å². The Morgan fingerprint density at radius 1 is 1.06 bits per heavy atom. The topological polar surface area (TPSA) is 81.6 Å². The van der Waals surface area contributed by atoms with Gasteiger partial charge >= 0.3 is 6.18 Å². The lowest BCUT2D eigenvalue weighted by Crippen LogP contribution is -2.23. The van der Waals surface area contributed by atoms with E-state index < -0.39 is 11.7 Å². The van der Waals surface area contributed by atoms with Crippen molar-refractivity contribution in [2.75, 3.05) is 19.4 Å². The highest BCUT2D eigenvalue weighted by Gasteiger charge is 2.30. The van der Waals surface area contributed by atoms with Gasteiger partial charge in [-0.1, -0.05) is 25.1 Å². The van der Waals surface area contributed by atoms with Gasteiger partial charge in [0.05, 0.1) is 19.2 Å². The summed E-state index contributed by atoms with van der Waals surface area (Å²) in [7, 11) is 1.56. The summed E-state index contributed by atoms with van der Waals surface area (Å²) in [6.07, 6.45) is -4.34. The number of rotatable bonds is 6. The van der Waals surface area contributed by atoms with Crippen LogP contribution in [0.15, 0.2) is 42.5 Å². The molecule has 10 heteroatoms. The number of hydrogen-bond acceptors (Lipinski definition) is 6. The maximum atomic E-state index is 12.8. The zero-order chi connectivity index (χ0) is 22.2. The van der Waals surface area contributed by atoms with E-state index in [-0.39, 0.29) is 5.95 Å². The van der Waals surface area contributed by atoms with Gasteiger partial charge in [0.2, 0.25) is 5.95 Å². The van der Waals surface area contributed by atoms with E-state index in [9.17, 15) is 13.2 Å². The summed E-state index contributed by atoms with van der Waals surface area (Å²) in [6, 6.07) is 10.7. The Labute approximate surface area is 176 Å². The molecule has 0 fully saturated rings. The van der Waals surface area contributed by atoms with Crippen molar-refractivity contribution in [3.8, 4) is 5.75 Å². The number of halogens is 3. The fourth-order valence-electron chi connectivity index (χ4n) is 3.44. The summed E-state index contributed by atoms with van der Waals surface area (Å²) in [4.78, 5) is 11.1. The maximum Gasteiger partial charge on any atom is 0.416 e. The Hall–Kier alpha value is -3.40. The standard InChI is InChI=1S/C21H21F3N6O/c1-3-29(11-13-7-9-14(10-8-13)21(22,23)24)12-17-26-19-15-5-4-6-16(31-2)18(15)27-20(25)30(19)28-17/h4-10H,3,11-12H2,1-2H3,(H2,25,27). The molecule has 162 valence electrons. The van der Waals surface area contributed by atoms with Gasteiger partial charge in [0.15, 0.2) is 11.5 Å². The van der Waals surface area contributed by atoms with Crippen LogP contribution in [0, 0.1) is 0 Å². The van der Waals surface area contributed by atoms with Crippen LogP contribution in [0.2, 0.25) is 0 Å². The van der Waals surface area contributed by atoms with Crippen molar-refractivity contribution < 1.29 is 17.9 Å². The molecule has 0 saturated carbocycles. The van der Waals surface area contributed by atoms with Crippen molar-refractivity contribution in [1.82, 2.24) is 24.5 Å². The number of nitrogens with two attached hydrogens (primary N) is 1. The lowest BCUT2D eigenvalue weighted by molar-refractivity contribution is -0.137. The van der Waals surface area contributed by atoms with E-state index in [1.807, 2.05) is 24.0 Å². The number of aromatic nitrogens is 4. The van der Waals surface area contributed by atoms with Gasteiger partial charge in [-0.25, -0.2) is 9.97 Å². The predicted octanol–water partition coefficient (Wildman–Crippen LogP) is 3.91. The minimum Gasteiger partial charge on any atom is -0.494 e. The normalized spacial score (nSPS) is 12.2. The van der Waals surface area contributed by atoms with Gasteiger partial charge in [-0.3, -0.25) is 4.90 Å². The van der Waals surface area contributed by atoms with E-state index in [2.05, 4.69) is 15.1 Å². The quantitative estimate of drug-likeness (QED) is 0.500. The number of methoxy groups -OCH3 is 1. The molecular weight excluding hydrogens is 409 g/mol. The average Bonchev–Trinajstić information content (AvgIpc) is 3.17. The summed E-state index contributed by atoms with van der Waals surface area (Å²) >= 11 is 0. The molecule has 0 radical (unpaired) electrons. The van der Waals surface area contributed by atoms with Crippen LogP contribution in [0.1, 0.15) is 23.9 Å². The molecule has 0 unspecified atom stereocenters. The second kappa shape index (κ2) is 8.03. The van der Waals surface area contributed by atoms with E-state index >= 15 is 0 Å². The van der Waals surface area contributed by atoms with E-state index in [1.54, 1.807) is 13.2 Å². The number of anilines is 1. The van der Waals surface area contributed by atoms with Gasteiger partial charge in [0.25, 0.3) is 0 Å². The number of benzene rings is 2. The summed E-state index contributed by atoms with van der Waals surface area (Å²) < 4.78 is 45.2. The molecule has 31 heavy (non-hydrogen) atoms. The Balaban J connectivity index is 1.61. The van der Waals surface area contributed by atoms with Crippen molar-refractivity contribution in [1.29, 1.82) is 0 Å². The van der Waals surface area contributed by atoms with Gasteiger partial charge in [-0.15, -0.1) is 5.10 Å². The number of hydrogen-bond donors (Lipinski definition) is 1. The molecule has 0 bridgehead atoms. The highest BCUT2D eigenvalue weighted by molar-refractivity contribution is 5.95. The third-order valence-corrected chi connectivity index (χ3v) is 5.05. The maximum absolute atomic E-state index is 12.8. The summed E-state index contributed by atoms with van der Waals surface area (Å²) in [6.45, 7) is 3.51. The molecule has 0 atom stereocenters. The van der Waals surface area contributed by atoms with Crippen LogP contribution < -0.4 is 10.5 Å². The van der Waals surface area contributed by atoms with Gasteiger partial charge in [0, 0.05) is 11.9 Å². The number of para-hydroxylation sites is 1. The molecule has 0 aliphatic heterocycles. The van der Waals surface area contributed by atoms with Crippen LogP contribution in [0.3, 0.4) is 0 Å². The van der Waals surface area contributed by atoms with E-state index in [0.717, 1.165) is 23.1 Å². The van der Waals surface area contributed by atoms with Gasteiger partial charge in [0.1, 0.15) is 11.3 Å². The first kappa shape index (κ1) is 20.9. The lowest BCUT2D eigenvalue weighted by atomic mass is 10.1. The molecule has 0 saturated heterocycles. The van der Waals surface area contributed by atoms with E-state index in [1.165, 1.54) is 16.6 Å². The van der Waals surface area contributed by atoms with Gasteiger partial charge < -0.3 is 10.5 Å². The second-order valence-corrected chi connectivity index (χ2v) is 7.09. The van der Waals surface area contributed by atoms with Crippen LogP contribution in [0.5, 0.6) is 5.75 Å². The third-order valence-electron chi connectivity index (χ3n) is 5.05. The Morgan fingerprint density at radius 2 is 1.81 bits per heavy atom. The number of nitrogen functional groups attached to an aromatic ring is 1. The SMILES string of the molecule is CCN(Cc1ccc(C(F)(F)F)cc1)Cc1nc2c3cccc(OC)c3nc(N)n2n1. The van der Waals surface area contributed by atoms with Gasteiger partial charge in [-0.2, -0.15) is 17.7 Å². The average molecular weight is 430 g/mol. The number of alkyl halides is 3. The van der Waals surface area contributed by atoms with Crippen LogP contribution in [-0.4, -0.2) is 38.1 Å². The number of nitrogens with zero attached hydrogens (tertiary/aromatic N) is 5. The lowest BCUT2D eigenvalue weighted by Gasteiger charge is -2.19. The molecule has 0 spiro atoms. The fourth-order valence-corrected chi connectivity index (χ4v) is 3.44. The summed E-state index contributed by atoms with van der Waals surface area (Å²) in [5, 5.41) is 5.24. The van der Waals surface area contributed by atoms with E-state index in [0.29, 0.717) is 42.4 Å². The zero-order valence-corrected chi connectivity index (χ0v) is 17.0. The molecule has 4 aromatic rings. The zero-order valence-electron chi connectivity index (χ0n) is 17.0. The van der Waals surface area contributed by atoms with Gasteiger partial charge in [-0.05, 0) is 36.4 Å². The number of ether oxygens (including phenoxy) is 1. The third kappa shape index (κ3) is 4.11. The second-order valence-electron chi connectivity index (χ2n) is 7.09. The van der Waals surface area contributed by atoms with Crippen LogP contribution in [0.25, 0.3) is 16.6 Å². The van der Waals surface area contributed by atoms with Crippen molar-refractivity contribution in [3.05, 3.63) is 59.4 Å². The minimum atomic E-state index is -4.34. The smallest absolute Gasteiger partial charge is 0.416 e. The molecule has 7 nitrogen and oxygen atoms in total. The van der Waals surface area contributed by atoms with Crippen molar-refractivity contribution in [3.63, 3.8) is 0 Å². The first-order chi connectivity index (χ1) is 14.8. The molecule has 0 aliphatic carbocycles. The van der Waals surface area contributed by atoms with Crippen LogP contribution in [0.4, 0.5) is 19.1 Å². The molecule has 2 heterocycles. The Morgan fingerprint density at radius 3 is 2.45 bits per heavy atom. The highest BCUT2D eigenvalue weighted by atomic mass is 19.4. The summed E-state index contributed by atoms with van der Waals surface area (Å²) in [5.41, 5.74) is 7.37. The first-order valence-corrected chi connectivity index (χ1v) is 9.66. The molecular formula is C21H21F3N6O. The minimum absolute atomic E-state index is 0.191. The largest absolute Gasteiger partial charge is 0.494 e. The fraction of sp³-hybridized carbons (Fsp3) is 0.286. The summed E-state index contributed by atoms with van der Waals surface area (Å²) in [5.74, 6) is 1.32. The Kier molecular flexibility index (Phi) is 5.40. The van der Waals surface area contributed by atoms with Crippen molar-refractivity contribution in [2.45, 2.75) is 26.2 Å². The predicted molar refractivity (Wildman–Crippen MR) is 110 cm³/mol. The monoisotopic (exact) mass is 430 g/mol. The van der Waals surface area contributed by atoms with Crippen molar-refractivity contribution in [2.24, 2.45) is 0 Å². The molecule has 0 aliphatic rings. The molecule has 4 rings (SSSR count). The number of fused-ring (bicyclic) bond motifs is 3. The molecule has 2 N–H and O–H groups in total. The first-order valence-electron chi connectivity index (χ1n) is 9.66. The molecule has 0 amide bonds. The van der Waals surface area contributed by atoms with Crippen molar-refractivity contribution >= 4 is 22.5 Å². The molecule has 2 aromatic heterocycles. The molecule has 2 aromatic carbocycles. The Bertz CT molecular complexity index is 1220. The van der Waals surface area contributed by atoms with E-state index in [4.69, 9.17) is 10.5 Å².